The van der Waals surface area contributed by atoms with Crippen LogP contribution in [0.1, 0.15) is 52.6 Å². The number of Topliss-reactive ketones (excluding diaryl/α,β-unsaturated/α-hetero) is 1. The van der Waals surface area contributed by atoms with Crippen LogP contribution in [0.25, 0.3) is 33.4 Å². The predicted octanol–water partition coefficient (Wildman–Crippen LogP) is 3.66. The van der Waals surface area contributed by atoms with Gasteiger partial charge >= 0.3 is 0 Å². The largest absolute Gasteiger partial charge is 0.375 e. The van der Waals surface area contributed by atoms with Crippen LogP contribution in [0.4, 0.5) is 5.95 Å². The number of carbonyl (C=O) groups is 1. The number of nitrogen functional groups attached to an aromatic ring is 1. The van der Waals surface area contributed by atoms with Crippen molar-refractivity contribution in [3.8, 4) is 22.5 Å². The molecule has 2 aliphatic carbocycles. The molecule has 0 saturated carbocycles. The number of nitrogens with one attached hydrogen (secondary N) is 4. The van der Waals surface area contributed by atoms with E-state index >= 15 is 0 Å². The van der Waals surface area contributed by atoms with Crippen LogP contribution in [0, 0.1) is 0 Å². The molecule has 7 rings (SSSR count). The molecule has 4 heterocycles. The van der Waals surface area contributed by atoms with Crippen molar-refractivity contribution in [1.29, 1.82) is 0 Å². The van der Waals surface area contributed by atoms with Gasteiger partial charge in [0.15, 0.2) is 11.5 Å². The molecule has 4 aromatic heterocycles. The van der Waals surface area contributed by atoms with E-state index in [4.69, 9.17) is 5.73 Å². The van der Waals surface area contributed by atoms with Crippen molar-refractivity contribution >= 4 is 38.6 Å². The number of imidazole rings is 1. The van der Waals surface area contributed by atoms with E-state index < -0.39 is 11.4 Å². The number of halogens is 1. The van der Waals surface area contributed by atoms with Gasteiger partial charge in [-0.2, -0.15) is 0 Å². The quantitative estimate of drug-likeness (QED) is 0.197. The number of hydrogen-bond donors (Lipinski definition) is 6. The number of aliphatic hydroxyl groups is 1. The molecule has 0 fully saturated rings. The molecule has 36 heavy (non-hydrogen) atoms. The fourth-order valence-electron chi connectivity index (χ4n) is 5.86. The Balaban J connectivity index is 1.35. The molecule has 0 radical (unpaired) electrons. The van der Waals surface area contributed by atoms with E-state index in [1.165, 1.54) is 0 Å². The third-order valence-corrected chi connectivity index (χ3v) is 8.08. The predicted molar refractivity (Wildman–Crippen MR) is 137 cm³/mol. The second kappa shape index (κ2) is 7.05. The number of ketones is 1. The van der Waals surface area contributed by atoms with Gasteiger partial charge in [0.2, 0.25) is 5.78 Å². The Morgan fingerprint density at radius 2 is 1.97 bits per heavy atom. The number of anilines is 1. The Labute approximate surface area is 211 Å². The minimum absolute atomic E-state index is 0.0871. The summed E-state index contributed by atoms with van der Waals surface area (Å²) in [6.07, 6.45) is 5.24. The molecule has 0 amide bonds. The molecule has 0 saturated heterocycles. The fraction of sp³-hybridized carbons (Fsp3) is 0.200. The second-order valence-electron chi connectivity index (χ2n) is 9.53. The Kier molecular flexibility index (Phi) is 4.18. The number of benzene rings is 1. The van der Waals surface area contributed by atoms with Gasteiger partial charge in [-0.05, 0) is 30.0 Å². The molecular formula is C25H20BrN7O3. The topological polar surface area (TPSA) is 169 Å². The molecule has 2 aliphatic rings. The lowest BCUT2D eigenvalue weighted by Gasteiger charge is -2.42. The summed E-state index contributed by atoms with van der Waals surface area (Å²) in [7, 11) is 0. The van der Waals surface area contributed by atoms with Crippen molar-refractivity contribution in [2.75, 3.05) is 5.73 Å². The van der Waals surface area contributed by atoms with Gasteiger partial charge in [0.25, 0.3) is 5.56 Å². The monoisotopic (exact) mass is 545 g/mol. The minimum atomic E-state index is -1.75. The smallest absolute Gasteiger partial charge is 0.275 e. The van der Waals surface area contributed by atoms with Crippen molar-refractivity contribution in [3.63, 3.8) is 0 Å². The lowest BCUT2D eigenvalue weighted by atomic mass is 9.63. The van der Waals surface area contributed by atoms with E-state index in [1.807, 2.05) is 25.1 Å². The van der Waals surface area contributed by atoms with Gasteiger partial charge in [-0.3, -0.25) is 9.59 Å². The third-order valence-electron chi connectivity index (χ3n) is 7.59. The number of nitrogens with zero attached hydrogens (tertiary/aromatic N) is 2. The highest BCUT2D eigenvalue weighted by Gasteiger charge is 2.56. The molecule has 10 nitrogen and oxygen atoms in total. The van der Waals surface area contributed by atoms with Gasteiger partial charge in [-0.1, -0.05) is 28.9 Å². The maximum absolute atomic E-state index is 13.4. The van der Waals surface area contributed by atoms with Crippen LogP contribution in [0.15, 0.2) is 46.1 Å². The molecule has 0 spiro atoms. The normalized spacial score (nSPS) is 22.6. The van der Waals surface area contributed by atoms with E-state index in [0.29, 0.717) is 39.6 Å². The Hall–Kier alpha value is -3.96. The van der Waals surface area contributed by atoms with Crippen molar-refractivity contribution in [2.24, 2.45) is 0 Å². The van der Waals surface area contributed by atoms with Crippen LogP contribution >= 0.6 is 15.9 Å². The van der Waals surface area contributed by atoms with Gasteiger partial charge < -0.3 is 30.8 Å². The minimum Gasteiger partial charge on any atom is -0.375 e. The van der Waals surface area contributed by atoms with Crippen LogP contribution in [-0.4, -0.2) is 40.8 Å². The highest BCUT2D eigenvalue weighted by Crippen LogP contribution is 2.55. The molecule has 180 valence electrons. The first-order chi connectivity index (χ1) is 17.3. The van der Waals surface area contributed by atoms with Crippen molar-refractivity contribution in [2.45, 2.75) is 30.8 Å². The molecule has 1 aromatic carbocycles. The molecule has 7 N–H and O–H groups in total. The van der Waals surface area contributed by atoms with Gasteiger partial charge in [0.1, 0.15) is 11.4 Å². The van der Waals surface area contributed by atoms with E-state index in [0.717, 1.165) is 20.9 Å². The summed E-state index contributed by atoms with van der Waals surface area (Å²) >= 11 is 3.46. The first-order valence-electron chi connectivity index (χ1n) is 11.5. The lowest BCUT2D eigenvalue weighted by molar-refractivity contribution is 0.00708. The summed E-state index contributed by atoms with van der Waals surface area (Å²) in [5, 5.41) is 12.3. The zero-order chi connectivity index (χ0) is 24.9. The Morgan fingerprint density at radius 3 is 2.78 bits per heavy atom. The Bertz CT molecular complexity index is 1790. The van der Waals surface area contributed by atoms with Crippen LogP contribution in [0.3, 0.4) is 0 Å². The molecule has 5 aromatic rings. The average molecular weight is 546 g/mol. The number of aromatic amines is 4. The first-order valence-corrected chi connectivity index (χ1v) is 12.3. The number of nitrogens with two attached hydrogens (primary N) is 1. The maximum Gasteiger partial charge on any atom is 0.275 e. The molecule has 0 aliphatic heterocycles. The highest BCUT2D eigenvalue weighted by atomic mass is 79.9. The molecular weight excluding hydrogens is 526 g/mol. The van der Waals surface area contributed by atoms with Gasteiger partial charge in [0.05, 0.1) is 17.6 Å². The van der Waals surface area contributed by atoms with Crippen molar-refractivity contribution < 1.29 is 9.90 Å². The van der Waals surface area contributed by atoms with Crippen LogP contribution in [-0.2, 0) is 5.60 Å². The van der Waals surface area contributed by atoms with E-state index in [1.54, 1.807) is 18.6 Å². The standard InChI is InChI=1S/C25H20BrN7O3/c1-9-12-5-25(36,21-18(9)32-24(27)33-21)22(34)20-17(12)14(7-29-20)16-8-30-19(23(35)31-16)13-6-28-15-4-10(26)2-3-11(13)15/h2-4,6-9,12,28-29,36H,5H2,1H3,(H,31,35)(H3,27,32,33)/t9-,12-,25-/m1/s1. The summed E-state index contributed by atoms with van der Waals surface area (Å²) in [6, 6.07) is 5.78. The third kappa shape index (κ3) is 2.69. The second-order valence-corrected chi connectivity index (χ2v) is 10.4. The average Bonchev–Trinajstić information content (AvgIpc) is 3.57. The highest BCUT2D eigenvalue weighted by molar-refractivity contribution is 9.10. The summed E-state index contributed by atoms with van der Waals surface area (Å²) < 4.78 is 0.932. The summed E-state index contributed by atoms with van der Waals surface area (Å²) in [5.41, 5.74) is 8.84. The van der Waals surface area contributed by atoms with Crippen LogP contribution in [0.5, 0.6) is 0 Å². The summed E-state index contributed by atoms with van der Waals surface area (Å²) in [6.45, 7) is 2.01. The van der Waals surface area contributed by atoms with Crippen molar-refractivity contribution in [1.82, 2.24) is 29.9 Å². The number of rotatable bonds is 2. The first kappa shape index (κ1) is 21.3. The summed E-state index contributed by atoms with van der Waals surface area (Å²) in [4.78, 5) is 47.5. The number of aromatic nitrogens is 6. The Morgan fingerprint density at radius 1 is 1.17 bits per heavy atom. The van der Waals surface area contributed by atoms with E-state index in [2.05, 4.69) is 45.8 Å². The maximum atomic E-state index is 13.4. The molecule has 2 bridgehead atoms. The van der Waals surface area contributed by atoms with Gasteiger partial charge in [0, 0.05) is 50.5 Å². The molecule has 11 heteroatoms. The zero-order valence-corrected chi connectivity index (χ0v) is 20.5. The lowest BCUT2D eigenvalue weighted by Crippen LogP contribution is -2.46. The van der Waals surface area contributed by atoms with Gasteiger partial charge in [-0.15, -0.1) is 0 Å². The fourth-order valence-corrected chi connectivity index (χ4v) is 6.22. The van der Waals surface area contributed by atoms with Gasteiger partial charge in [-0.25, -0.2) is 9.97 Å². The SMILES string of the molecule is C[C@H]1c2[nH]c(N)nc2[C@]2(O)C[C@H]1c1c(-c3cnc(-c4c[nH]c5cc(Br)ccc45)c(=O)[nH]3)c[nH]c1C2=O. The van der Waals surface area contributed by atoms with Crippen LogP contribution in [0.2, 0.25) is 0 Å². The molecule has 0 unspecified atom stereocenters. The van der Waals surface area contributed by atoms with E-state index in [-0.39, 0.29) is 29.8 Å². The molecule has 3 atom stereocenters. The number of H-pyrrole nitrogens is 4. The number of carbonyl (C=O) groups excluding carboxylic acids is 1. The van der Waals surface area contributed by atoms with E-state index in [9.17, 15) is 14.7 Å². The van der Waals surface area contributed by atoms with Crippen LogP contribution < -0.4 is 11.3 Å². The number of hydrogen-bond acceptors (Lipinski definition) is 6. The van der Waals surface area contributed by atoms with Crippen molar-refractivity contribution in [3.05, 3.63) is 74.3 Å². The summed E-state index contributed by atoms with van der Waals surface area (Å²) in [5.74, 6) is -0.586. The zero-order valence-electron chi connectivity index (χ0n) is 18.9. The number of fused-ring (bicyclic) bond motifs is 7.